The van der Waals surface area contributed by atoms with Crippen LogP contribution in [0.1, 0.15) is 39.1 Å². The Morgan fingerprint density at radius 1 is 1.12 bits per heavy atom. The summed E-state index contributed by atoms with van der Waals surface area (Å²) >= 11 is 1.50. The molecule has 4 nitrogen and oxygen atoms in total. The van der Waals surface area contributed by atoms with Crippen molar-refractivity contribution in [2.75, 3.05) is 13.6 Å². The largest absolute Gasteiger partial charge is 0.388 e. The molecule has 0 aliphatic rings. The molecule has 1 aromatic heterocycles. The minimum Gasteiger partial charge on any atom is -0.388 e. The normalized spacial score (nSPS) is 11.9. The van der Waals surface area contributed by atoms with Gasteiger partial charge in [0.2, 0.25) is 0 Å². The van der Waals surface area contributed by atoms with Crippen LogP contribution in [0.4, 0.5) is 0 Å². The molecular formula is C21H22N2O2S. The zero-order chi connectivity index (χ0) is 18.4. The van der Waals surface area contributed by atoms with Crippen molar-refractivity contribution in [1.29, 1.82) is 0 Å². The molecule has 0 spiro atoms. The summed E-state index contributed by atoms with van der Waals surface area (Å²) in [7, 11) is 1.75. The van der Waals surface area contributed by atoms with Gasteiger partial charge in [-0.25, -0.2) is 4.98 Å². The Bertz CT molecular complexity index is 833. The molecule has 0 saturated carbocycles. The van der Waals surface area contributed by atoms with Gasteiger partial charge in [0.1, 0.15) is 5.69 Å². The van der Waals surface area contributed by atoms with E-state index in [1.165, 1.54) is 16.9 Å². The van der Waals surface area contributed by atoms with Gasteiger partial charge >= 0.3 is 0 Å². The molecule has 1 amide bonds. The second-order valence-electron chi connectivity index (χ2n) is 6.23. The van der Waals surface area contributed by atoms with E-state index in [0.29, 0.717) is 18.7 Å². The Labute approximate surface area is 157 Å². The van der Waals surface area contributed by atoms with Crippen LogP contribution in [0, 0.1) is 0 Å². The average Bonchev–Trinajstić information content (AvgIpc) is 3.15. The fraction of sp³-hybridized carbons (Fsp3) is 0.238. The molecule has 3 aromatic rings. The highest BCUT2D eigenvalue weighted by molar-refractivity contribution is 7.09. The lowest BCUT2D eigenvalue weighted by atomic mass is 10.1. The van der Waals surface area contributed by atoms with Crippen molar-refractivity contribution in [3.8, 4) is 0 Å². The summed E-state index contributed by atoms with van der Waals surface area (Å²) in [6.07, 6.45) is 0.651. The van der Waals surface area contributed by atoms with Gasteiger partial charge in [-0.15, -0.1) is 11.3 Å². The number of hydrogen-bond acceptors (Lipinski definition) is 4. The van der Waals surface area contributed by atoms with E-state index in [9.17, 15) is 9.90 Å². The van der Waals surface area contributed by atoms with E-state index in [1.54, 1.807) is 11.9 Å². The summed E-state index contributed by atoms with van der Waals surface area (Å²) in [5, 5.41) is 13.0. The molecule has 0 unspecified atom stereocenters. The minimum atomic E-state index is -0.574. The van der Waals surface area contributed by atoms with Gasteiger partial charge in [0, 0.05) is 25.4 Å². The molecule has 0 bridgehead atoms. The molecule has 1 N–H and O–H groups in total. The summed E-state index contributed by atoms with van der Waals surface area (Å²) in [4.78, 5) is 18.6. The van der Waals surface area contributed by atoms with E-state index >= 15 is 0 Å². The lowest BCUT2D eigenvalue weighted by molar-refractivity contribution is 0.0756. The third-order valence-electron chi connectivity index (χ3n) is 4.24. The second-order valence-corrected chi connectivity index (χ2v) is 7.17. The van der Waals surface area contributed by atoms with Crippen LogP contribution in [-0.2, 0) is 6.42 Å². The molecule has 3 rings (SSSR count). The Hall–Kier alpha value is -2.50. The zero-order valence-corrected chi connectivity index (χ0v) is 15.5. The highest BCUT2D eigenvalue weighted by atomic mass is 32.1. The van der Waals surface area contributed by atoms with Crippen LogP contribution in [0.3, 0.4) is 0 Å². The second kappa shape index (κ2) is 8.74. The number of aliphatic hydroxyl groups excluding tert-OH is 1. The third kappa shape index (κ3) is 4.77. The van der Waals surface area contributed by atoms with E-state index in [1.807, 2.05) is 53.9 Å². The maximum atomic E-state index is 12.5. The Balaban J connectivity index is 1.55. The van der Waals surface area contributed by atoms with Crippen molar-refractivity contribution >= 4 is 17.2 Å². The van der Waals surface area contributed by atoms with E-state index in [0.717, 1.165) is 17.0 Å². The average molecular weight is 366 g/mol. The lowest BCUT2D eigenvalue weighted by Gasteiger charge is -2.18. The first-order chi connectivity index (χ1) is 12.6. The number of aliphatic hydroxyl groups is 1. The highest BCUT2D eigenvalue weighted by Gasteiger charge is 2.17. The topological polar surface area (TPSA) is 53.4 Å². The zero-order valence-electron chi connectivity index (χ0n) is 14.7. The molecule has 0 saturated heterocycles. The molecule has 0 aliphatic carbocycles. The van der Waals surface area contributed by atoms with Crippen LogP contribution in [0.15, 0.2) is 66.0 Å². The van der Waals surface area contributed by atoms with Gasteiger partial charge in [-0.05, 0) is 17.5 Å². The van der Waals surface area contributed by atoms with Gasteiger partial charge < -0.3 is 10.0 Å². The Morgan fingerprint density at radius 3 is 2.46 bits per heavy atom. The van der Waals surface area contributed by atoms with Crippen LogP contribution >= 0.6 is 11.3 Å². The molecule has 1 atom stereocenters. The first kappa shape index (κ1) is 18.3. The SMILES string of the molecule is CN(CC[C@@H](O)c1ccccc1)C(=O)c1csc(Cc2ccccc2)n1. The molecule has 0 radical (unpaired) electrons. The van der Waals surface area contributed by atoms with E-state index in [-0.39, 0.29) is 5.91 Å². The fourth-order valence-corrected chi connectivity index (χ4v) is 3.52. The predicted molar refractivity (Wildman–Crippen MR) is 104 cm³/mol. The number of carbonyl (C=O) groups is 1. The van der Waals surface area contributed by atoms with Crippen LogP contribution in [-0.4, -0.2) is 34.5 Å². The van der Waals surface area contributed by atoms with Crippen LogP contribution in [0.25, 0.3) is 0 Å². The van der Waals surface area contributed by atoms with Crippen molar-refractivity contribution < 1.29 is 9.90 Å². The summed E-state index contributed by atoms with van der Waals surface area (Å²) in [6, 6.07) is 19.6. The first-order valence-electron chi connectivity index (χ1n) is 8.60. The molecule has 0 fully saturated rings. The number of hydrogen-bond donors (Lipinski definition) is 1. The van der Waals surface area contributed by atoms with Gasteiger partial charge in [-0.1, -0.05) is 60.7 Å². The highest BCUT2D eigenvalue weighted by Crippen LogP contribution is 2.18. The number of nitrogens with zero attached hydrogens (tertiary/aromatic N) is 2. The van der Waals surface area contributed by atoms with Gasteiger partial charge in [0.05, 0.1) is 11.1 Å². The van der Waals surface area contributed by atoms with Gasteiger partial charge in [0.25, 0.3) is 5.91 Å². The minimum absolute atomic E-state index is 0.110. The van der Waals surface area contributed by atoms with Gasteiger partial charge in [0.15, 0.2) is 0 Å². The number of aromatic nitrogens is 1. The Morgan fingerprint density at radius 2 is 1.77 bits per heavy atom. The van der Waals surface area contributed by atoms with Crippen molar-refractivity contribution in [3.05, 3.63) is 87.9 Å². The van der Waals surface area contributed by atoms with Crippen molar-refractivity contribution in [1.82, 2.24) is 9.88 Å². The molecule has 1 heterocycles. The maximum absolute atomic E-state index is 12.5. The van der Waals surface area contributed by atoms with Crippen LogP contribution in [0.5, 0.6) is 0 Å². The molecular weight excluding hydrogens is 344 g/mol. The lowest BCUT2D eigenvalue weighted by Crippen LogP contribution is -2.29. The molecule has 26 heavy (non-hydrogen) atoms. The van der Waals surface area contributed by atoms with E-state index in [2.05, 4.69) is 17.1 Å². The number of carbonyl (C=O) groups excluding carboxylic acids is 1. The van der Waals surface area contributed by atoms with Crippen molar-refractivity contribution in [3.63, 3.8) is 0 Å². The van der Waals surface area contributed by atoms with E-state index in [4.69, 9.17) is 0 Å². The molecule has 2 aromatic carbocycles. The third-order valence-corrected chi connectivity index (χ3v) is 5.09. The maximum Gasteiger partial charge on any atom is 0.273 e. The van der Waals surface area contributed by atoms with E-state index < -0.39 is 6.10 Å². The number of benzene rings is 2. The van der Waals surface area contributed by atoms with Gasteiger partial charge in [-0.3, -0.25) is 4.79 Å². The summed E-state index contributed by atoms with van der Waals surface area (Å²) in [5.74, 6) is -0.110. The molecule has 134 valence electrons. The summed E-state index contributed by atoms with van der Waals surface area (Å²) in [5.41, 5.74) is 2.52. The van der Waals surface area contributed by atoms with Crippen molar-refractivity contribution in [2.24, 2.45) is 0 Å². The van der Waals surface area contributed by atoms with Crippen LogP contribution < -0.4 is 0 Å². The van der Waals surface area contributed by atoms with Crippen LogP contribution in [0.2, 0.25) is 0 Å². The molecule has 0 aliphatic heterocycles. The first-order valence-corrected chi connectivity index (χ1v) is 9.48. The predicted octanol–water partition coefficient (Wildman–Crippen LogP) is 3.93. The number of amides is 1. The quantitative estimate of drug-likeness (QED) is 0.689. The summed E-state index contributed by atoms with van der Waals surface area (Å²) in [6.45, 7) is 0.473. The Kier molecular flexibility index (Phi) is 6.15. The van der Waals surface area contributed by atoms with Crippen molar-refractivity contribution in [2.45, 2.75) is 18.9 Å². The smallest absolute Gasteiger partial charge is 0.273 e. The number of rotatable bonds is 7. The molecule has 5 heteroatoms. The number of thiazole rings is 1. The fourth-order valence-electron chi connectivity index (χ4n) is 2.72. The summed E-state index contributed by atoms with van der Waals surface area (Å²) < 4.78 is 0. The standard InChI is InChI=1S/C21H22N2O2S/c1-23(13-12-19(24)17-10-6-3-7-11-17)21(25)18-15-26-20(22-18)14-16-8-4-2-5-9-16/h2-11,15,19,24H,12-14H2,1H3/t19-/m1/s1. The van der Waals surface area contributed by atoms with Gasteiger partial charge in [-0.2, -0.15) is 0 Å². The monoisotopic (exact) mass is 366 g/mol.